The van der Waals surface area contributed by atoms with E-state index in [0.717, 1.165) is 51.7 Å². The summed E-state index contributed by atoms with van der Waals surface area (Å²) >= 11 is 0. The Morgan fingerprint density at radius 2 is 1.78 bits per heavy atom. The Kier molecular flexibility index (Phi) is 7.75. The highest BCUT2D eigenvalue weighted by Gasteiger charge is 2.41. The topological polar surface area (TPSA) is 36.4 Å². The second-order valence-corrected chi connectivity index (χ2v) is 9.73. The van der Waals surface area contributed by atoms with E-state index < -0.39 is 0 Å². The van der Waals surface area contributed by atoms with Gasteiger partial charge in [0.1, 0.15) is 5.69 Å². The third-order valence-electron chi connectivity index (χ3n) is 6.76. The Morgan fingerprint density at radius 3 is 2.41 bits per heavy atom. The van der Waals surface area contributed by atoms with E-state index in [9.17, 15) is 4.79 Å². The Hall–Kier alpha value is -2.46. The molecule has 1 atom stereocenters. The van der Waals surface area contributed by atoms with Gasteiger partial charge in [0, 0.05) is 24.8 Å². The molecule has 32 heavy (non-hydrogen) atoms. The van der Waals surface area contributed by atoms with Crippen molar-refractivity contribution in [2.45, 2.75) is 58.0 Å². The van der Waals surface area contributed by atoms with E-state index in [0.29, 0.717) is 23.6 Å². The Morgan fingerprint density at radius 1 is 1.06 bits per heavy atom. The fraction of sp³-hybridized carbons (Fsp3) is 0.500. The van der Waals surface area contributed by atoms with Crippen molar-refractivity contribution in [1.29, 1.82) is 0 Å². The summed E-state index contributed by atoms with van der Waals surface area (Å²) in [6, 6.07) is 16.9. The van der Waals surface area contributed by atoms with Gasteiger partial charge >= 0.3 is 0 Å². The number of hydrogen-bond donors (Lipinski definition) is 0. The van der Waals surface area contributed by atoms with Crippen molar-refractivity contribution in [3.8, 4) is 0 Å². The van der Waals surface area contributed by atoms with E-state index in [1.54, 1.807) is 6.20 Å². The molecule has 1 saturated heterocycles. The van der Waals surface area contributed by atoms with Crippen molar-refractivity contribution in [2.24, 2.45) is 11.8 Å². The predicted molar refractivity (Wildman–Crippen MR) is 131 cm³/mol. The first-order valence-electron chi connectivity index (χ1n) is 12.3. The molecule has 0 spiro atoms. The minimum Gasteiger partial charge on any atom is -0.331 e. The van der Waals surface area contributed by atoms with Crippen molar-refractivity contribution in [1.82, 2.24) is 14.8 Å². The van der Waals surface area contributed by atoms with Crippen LogP contribution in [0.3, 0.4) is 0 Å². The van der Waals surface area contributed by atoms with Gasteiger partial charge in [0.25, 0.3) is 5.91 Å². The molecule has 0 bridgehead atoms. The van der Waals surface area contributed by atoms with Gasteiger partial charge in [-0.2, -0.15) is 0 Å². The number of hydrogen-bond acceptors (Lipinski definition) is 3. The third-order valence-corrected chi connectivity index (χ3v) is 6.76. The lowest BCUT2D eigenvalue weighted by Gasteiger charge is -2.41. The lowest BCUT2D eigenvalue weighted by atomic mass is 9.84. The van der Waals surface area contributed by atoms with Gasteiger partial charge in [-0.05, 0) is 74.7 Å². The van der Waals surface area contributed by atoms with Crippen LogP contribution >= 0.6 is 0 Å². The molecular weight excluding hydrogens is 394 g/mol. The molecule has 1 aromatic carbocycles. The zero-order valence-corrected chi connectivity index (χ0v) is 19.6. The zero-order chi connectivity index (χ0) is 22.3. The number of carbonyl (C=O) groups is 1. The number of carbonyl (C=O) groups excluding carboxylic acids is 1. The van der Waals surface area contributed by atoms with E-state index in [1.807, 2.05) is 18.2 Å². The molecule has 4 rings (SSSR count). The second-order valence-electron chi connectivity index (χ2n) is 9.73. The molecule has 2 heterocycles. The summed E-state index contributed by atoms with van der Waals surface area (Å²) in [6.45, 7) is 7.70. The lowest BCUT2D eigenvalue weighted by Crippen LogP contribution is -2.50. The normalized spacial score (nSPS) is 18.8. The molecule has 1 unspecified atom stereocenters. The van der Waals surface area contributed by atoms with E-state index in [-0.39, 0.29) is 11.9 Å². The molecule has 4 nitrogen and oxygen atoms in total. The molecule has 1 aromatic heterocycles. The maximum absolute atomic E-state index is 13.6. The molecular formula is C28H37N3O. The fourth-order valence-corrected chi connectivity index (χ4v) is 4.91. The molecule has 0 N–H and O–H groups in total. The molecule has 1 saturated carbocycles. The summed E-state index contributed by atoms with van der Waals surface area (Å²) in [7, 11) is 0. The molecule has 4 heteroatoms. The average Bonchev–Trinajstić information content (AvgIpc) is 3.65. The number of pyridine rings is 1. The van der Waals surface area contributed by atoms with E-state index >= 15 is 0 Å². The van der Waals surface area contributed by atoms with Gasteiger partial charge in [-0.3, -0.25) is 14.7 Å². The number of piperidine rings is 1. The molecule has 1 aliphatic heterocycles. The number of likely N-dealkylation sites (tertiary alicyclic amines) is 1. The summed E-state index contributed by atoms with van der Waals surface area (Å²) in [5, 5.41) is 0. The van der Waals surface area contributed by atoms with Crippen LogP contribution in [0.25, 0.3) is 0 Å². The Balaban J connectivity index is 1.52. The maximum Gasteiger partial charge on any atom is 0.272 e. The lowest BCUT2D eigenvalue weighted by molar-refractivity contribution is 0.0491. The van der Waals surface area contributed by atoms with Crippen LogP contribution in [0.15, 0.2) is 66.9 Å². The summed E-state index contributed by atoms with van der Waals surface area (Å²) in [5.74, 6) is 1.23. The van der Waals surface area contributed by atoms with Crippen LogP contribution in [-0.4, -0.2) is 52.4 Å². The van der Waals surface area contributed by atoms with Crippen molar-refractivity contribution in [2.75, 3.05) is 19.6 Å². The molecule has 2 aliphatic rings. The monoisotopic (exact) mass is 431 g/mol. The molecule has 170 valence electrons. The van der Waals surface area contributed by atoms with Crippen LogP contribution in [0.4, 0.5) is 0 Å². The number of benzene rings is 1. The first kappa shape index (κ1) is 22.7. The van der Waals surface area contributed by atoms with Crippen molar-refractivity contribution in [3.05, 3.63) is 78.1 Å². The number of amides is 1. The quantitative estimate of drug-likeness (QED) is 0.511. The van der Waals surface area contributed by atoms with Crippen molar-refractivity contribution >= 4 is 5.91 Å². The summed E-state index contributed by atoms with van der Waals surface area (Å²) < 4.78 is 0. The van der Waals surface area contributed by atoms with Gasteiger partial charge in [0.2, 0.25) is 0 Å². The highest BCUT2D eigenvalue weighted by molar-refractivity contribution is 5.93. The minimum atomic E-state index is 0.108. The Bertz CT molecular complexity index is 868. The van der Waals surface area contributed by atoms with Gasteiger partial charge in [-0.1, -0.05) is 62.4 Å². The van der Waals surface area contributed by atoms with Gasteiger partial charge in [-0.25, -0.2) is 0 Å². The van der Waals surface area contributed by atoms with Crippen LogP contribution in [0.2, 0.25) is 0 Å². The largest absolute Gasteiger partial charge is 0.331 e. The summed E-state index contributed by atoms with van der Waals surface area (Å²) in [5.41, 5.74) is 1.90. The number of aromatic nitrogens is 1. The molecule has 2 fully saturated rings. The van der Waals surface area contributed by atoms with Crippen LogP contribution in [0, 0.1) is 11.8 Å². The standard InChI is InChI=1S/C28H37N3O/c1-22(2)9-8-18-30-19-15-24(16-20-30)27(21-23-10-4-3-5-11-23)31(25-13-14-25)28(32)26-12-6-7-17-29-26/h3-12,17,22,24-25,27H,13-16,18-21H2,1-2H3/b9-8+. The number of allylic oxidation sites excluding steroid dienone is 1. The van der Waals surface area contributed by atoms with Gasteiger partial charge in [0.15, 0.2) is 0 Å². The molecule has 0 radical (unpaired) electrons. The van der Waals surface area contributed by atoms with Crippen LogP contribution in [0.1, 0.15) is 55.6 Å². The van der Waals surface area contributed by atoms with E-state index in [4.69, 9.17) is 0 Å². The SMILES string of the molecule is CC(C)/C=C/CN1CCC(C(Cc2ccccc2)N(C(=O)c2ccccn2)C2CC2)CC1. The third kappa shape index (κ3) is 6.07. The summed E-state index contributed by atoms with van der Waals surface area (Å²) in [6.07, 6.45) is 11.8. The van der Waals surface area contributed by atoms with Gasteiger partial charge in [0.05, 0.1) is 0 Å². The van der Waals surface area contributed by atoms with Gasteiger partial charge < -0.3 is 4.90 Å². The predicted octanol–water partition coefficient (Wildman–Crippen LogP) is 5.22. The molecule has 1 amide bonds. The highest BCUT2D eigenvalue weighted by atomic mass is 16.2. The second kappa shape index (κ2) is 10.9. The first-order valence-corrected chi connectivity index (χ1v) is 12.3. The molecule has 2 aromatic rings. The highest BCUT2D eigenvalue weighted by Crippen LogP contribution is 2.36. The van der Waals surface area contributed by atoms with Gasteiger partial charge in [-0.15, -0.1) is 0 Å². The minimum absolute atomic E-state index is 0.108. The van der Waals surface area contributed by atoms with E-state index in [1.165, 1.54) is 5.56 Å². The number of rotatable bonds is 9. The molecule has 1 aliphatic carbocycles. The van der Waals surface area contributed by atoms with Crippen molar-refractivity contribution < 1.29 is 4.79 Å². The fourth-order valence-electron chi connectivity index (χ4n) is 4.91. The van der Waals surface area contributed by atoms with Crippen LogP contribution in [-0.2, 0) is 6.42 Å². The van der Waals surface area contributed by atoms with Crippen LogP contribution < -0.4 is 0 Å². The average molecular weight is 432 g/mol. The smallest absolute Gasteiger partial charge is 0.272 e. The summed E-state index contributed by atoms with van der Waals surface area (Å²) in [4.78, 5) is 22.8. The van der Waals surface area contributed by atoms with E-state index in [2.05, 4.69) is 71.1 Å². The first-order chi connectivity index (χ1) is 15.6. The van der Waals surface area contributed by atoms with Crippen LogP contribution in [0.5, 0.6) is 0 Å². The number of nitrogens with zero attached hydrogens (tertiary/aromatic N) is 3. The van der Waals surface area contributed by atoms with Crippen molar-refractivity contribution in [3.63, 3.8) is 0 Å². The zero-order valence-electron chi connectivity index (χ0n) is 19.6. The Labute approximate surface area is 193 Å². The maximum atomic E-state index is 13.6.